The van der Waals surface area contributed by atoms with Gasteiger partial charge in [-0.25, -0.2) is 4.39 Å². The zero-order valence-corrected chi connectivity index (χ0v) is 19.6. The van der Waals surface area contributed by atoms with Crippen molar-refractivity contribution in [1.82, 2.24) is 5.32 Å². The number of halogens is 1. The molecule has 1 heterocycles. The number of carbonyl (C=O) groups excluding carboxylic acids is 1. The lowest BCUT2D eigenvalue weighted by Crippen LogP contribution is -2.41. The molecule has 35 heavy (non-hydrogen) atoms. The van der Waals surface area contributed by atoms with E-state index in [2.05, 4.69) is 10.5 Å². The van der Waals surface area contributed by atoms with Crippen molar-refractivity contribution in [2.75, 3.05) is 13.2 Å². The van der Waals surface area contributed by atoms with Crippen molar-refractivity contribution >= 4 is 11.6 Å². The third-order valence-electron chi connectivity index (χ3n) is 5.95. The van der Waals surface area contributed by atoms with Crippen molar-refractivity contribution in [3.63, 3.8) is 0 Å². The monoisotopic (exact) mass is 476 g/mol. The normalized spacial score (nSPS) is 16.8. The third-order valence-corrected chi connectivity index (χ3v) is 5.95. The van der Waals surface area contributed by atoms with Crippen LogP contribution in [0.1, 0.15) is 47.7 Å². The smallest absolute Gasteiger partial charge is 0.250 e. The lowest BCUT2D eigenvalue weighted by atomic mass is 9.97. The second-order valence-corrected chi connectivity index (χ2v) is 8.39. The van der Waals surface area contributed by atoms with Crippen molar-refractivity contribution < 1.29 is 23.9 Å². The molecule has 3 aromatic carbocycles. The molecule has 4 rings (SSSR count). The zero-order valence-electron chi connectivity index (χ0n) is 19.6. The number of oxime groups is 1. The van der Waals surface area contributed by atoms with Crippen molar-refractivity contribution in [3.8, 4) is 0 Å². The largest absolute Gasteiger partial charge is 0.394 e. The molecule has 6 nitrogen and oxygen atoms in total. The summed E-state index contributed by atoms with van der Waals surface area (Å²) < 4.78 is 19.0. The highest BCUT2D eigenvalue weighted by molar-refractivity contribution is 6.01. The molecule has 1 amide bonds. The van der Waals surface area contributed by atoms with Gasteiger partial charge < -0.3 is 20.0 Å². The van der Waals surface area contributed by atoms with Crippen LogP contribution in [0, 0.1) is 5.82 Å². The minimum atomic E-state index is -0.707. The van der Waals surface area contributed by atoms with E-state index in [-0.39, 0.29) is 24.4 Å². The van der Waals surface area contributed by atoms with E-state index in [9.17, 15) is 14.3 Å². The molecule has 0 fully saturated rings. The van der Waals surface area contributed by atoms with E-state index in [0.717, 1.165) is 28.0 Å². The van der Waals surface area contributed by atoms with Crippen LogP contribution in [-0.4, -0.2) is 36.0 Å². The first-order valence-corrected chi connectivity index (χ1v) is 11.7. The molecule has 2 N–H and O–H groups in total. The number of nitrogens with zero attached hydrogens (tertiary/aromatic N) is 1. The van der Waals surface area contributed by atoms with Gasteiger partial charge in [-0.3, -0.25) is 4.79 Å². The summed E-state index contributed by atoms with van der Waals surface area (Å²) in [7, 11) is 0. The summed E-state index contributed by atoms with van der Waals surface area (Å²) in [4.78, 5) is 18.6. The van der Waals surface area contributed by atoms with Gasteiger partial charge in [-0.05, 0) is 47.4 Å². The zero-order chi connectivity index (χ0) is 24.6. The maximum Gasteiger partial charge on any atom is 0.250 e. The van der Waals surface area contributed by atoms with Gasteiger partial charge in [-0.1, -0.05) is 65.8 Å². The fraction of sp³-hybridized carbons (Fsp3) is 0.286. The van der Waals surface area contributed by atoms with Gasteiger partial charge >= 0.3 is 0 Å². The summed E-state index contributed by atoms with van der Waals surface area (Å²) in [6.45, 7) is 2.02. The number of ether oxygens (including phenoxy) is 1. The van der Waals surface area contributed by atoms with Crippen LogP contribution < -0.4 is 5.32 Å². The average Bonchev–Trinajstić information content (AvgIpc) is 3.38. The van der Waals surface area contributed by atoms with E-state index >= 15 is 0 Å². The fourth-order valence-electron chi connectivity index (χ4n) is 4.11. The van der Waals surface area contributed by atoms with Gasteiger partial charge in [0.15, 0.2) is 6.10 Å². The van der Waals surface area contributed by atoms with Crippen molar-refractivity contribution in [2.45, 2.75) is 38.0 Å². The molecule has 0 aliphatic carbocycles. The van der Waals surface area contributed by atoms with Crippen LogP contribution in [0.4, 0.5) is 4.39 Å². The molecule has 0 saturated heterocycles. The highest BCUT2D eigenvalue weighted by Gasteiger charge is 2.26. The van der Waals surface area contributed by atoms with Crippen LogP contribution in [0.15, 0.2) is 84.0 Å². The molecule has 0 radical (unpaired) electrons. The minimum Gasteiger partial charge on any atom is -0.394 e. The lowest BCUT2D eigenvalue weighted by Gasteiger charge is -2.22. The number of hydrogen-bond donors (Lipinski definition) is 2. The topological polar surface area (TPSA) is 80.2 Å². The van der Waals surface area contributed by atoms with Crippen molar-refractivity contribution in [3.05, 3.63) is 107 Å². The molecular weight excluding hydrogens is 447 g/mol. The van der Waals surface area contributed by atoms with Crippen molar-refractivity contribution in [2.24, 2.45) is 5.16 Å². The van der Waals surface area contributed by atoms with E-state index < -0.39 is 12.1 Å². The molecule has 3 atom stereocenters. The fourth-order valence-corrected chi connectivity index (χ4v) is 4.11. The first kappa shape index (κ1) is 24.6. The van der Waals surface area contributed by atoms with E-state index in [1.54, 1.807) is 12.1 Å². The molecule has 0 spiro atoms. The van der Waals surface area contributed by atoms with Gasteiger partial charge in [0.25, 0.3) is 0 Å². The second kappa shape index (κ2) is 11.7. The van der Waals surface area contributed by atoms with E-state index in [1.165, 1.54) is 12.1 Å². The quantitative estimate of drug-likeness (QED) is 0.452. The average molecular weight is 477 g/mol. The van der Waals surface area contributed by atoms with E-state index in [1.807, 2.05) is 61.5 Å². The maximum absolute atomic E-state index is 13.2. The SMILES string of the molecule is CCO[C@@H](Cc1cccc(C2=NOC(c3ccc(F)cc3)C2)c1)C(=O)N[C@@H](CO)c1ccccc1. The van der Waals surface area contributed by atoms with Crippen LogP contribution in [-0.2, 0) is 20.8 Å². The molecule has 1 aliphatic heterocycles. The number of aliphatic hydroxyl groups is 1. The summed E-state index contributed by atoms with van der Waals surface area (Å²) >= 11 is 0. The van der Waals surface area contributed by atoms with Crippen LogP contribution in [0.25, 0.3) is 0 Å². The Morgan fingerprint density at radius 2 is 1.91 bits per heavy atom. The maximum atomic E-state index is 13.2. The highest BCUT2D eigenvalue weighted by atomic mass is 19.1. The molecule has 0 bridgehead atoms. The first-order valence-electron chi connectivity index (χ1n) is 11.7. The molecule has 0 saturated carbocycles. The van der Waals surface area contributed by atoms with Gasteiger partial charge in [-0.15, -0.1) is 0 Å². The van der Waals surface area contributed by atoms with Gasteiger partial charge in [0, 0.05) is 19.4 Å². The minimum absolute atomic E-state index is 0.209. The lowest BCUT2D eigenvalue weighted by molar-refractivity contribution is -0.133. The van der Waals surface area contributed by atoms with E-state index in [0.29, 0.717) is 19.4 Å². The van der Waals surface area contributed by atoms with Gasteiger partial charge in [0.05, 0.1) is 18.4 Å². The molecule has 1 aliphatic rings. The Balaban J connectivity index is 1.43. The number of amides is 1. The first-order chi connectivity index (χ1) is 17.1. The Hall–Kier alpha value is -3.55. The molecule has 1 unspecified atom stereocenters. The summed E-state index contributed by atoms with van der Waals surface area (Å²) in [5, 5.41) is 17.0. The van der Waals surface area contributed by atoms with Crippen LogP contribution in [0.5, 0.6) is 0 Å². The number of carbonyl (C=O) groups is 1. The van der Waals surface area contributed by atoms with Gasteiger partial charge in [-0.2, -0.15) is 0 Å². The standard InChI is InChI=1S/C28H29FN2O4/c1-2-34-27(28(33)30-25(18-32)20-8-4-3-5-9-20)16-19-7-6-10-22(15-19)24-17-26(35-31-24)21-11-13-23(29)14-12-21/h3-15,25-27,32H,2,16-18H2,1H3,(H,30,33)/t25-,26?,27-/m0/s1. The van der Waals surface area contributed by atoms with Crippen LogP contribution >= 0.6 is 0 Å². The van der Waals surface area contributed by atoms with Crippen LogP contribution in [0.3, 0.4) is 0 Å². The van der Waals surface area contributed by atoms with Crippen molar-refractivity contribution in [1.29, 1.82) is 0 Å². The molecule has 7 heteroatoms. The number of aliphatic hydroxyl groups excluding tert-OH is 1. The Kier molecular flexibility index (Phi) is 8.23. The summed E-state index contributed by atoms with van der Waals surface area (Å²) in [5.41, 5.74) is 4.31. The number of hydrogen-bond acceptors (Lipinski definition) is 5. The molecule has 0 aromatic heterocycles. The predicted molar refractivity (Wildman–Crippen MR) is 131 cm³/mol. The second-order valence-electron chi connectivity index (χ2n) is 8.39. The highest BCUT2D eigenvalue weighted by Crippen LogP contribution is 2.30. The van der Waals surface area contributed by atoms with E-state index in [4.69, 9.17) is 9.57 Å². The van der Waals surface area contributed by atoms with Gasteiger partial charge in [0.1, 0.15) is 11.9 Å². The molecule has 182 valence electrons. The number of nitrogens with one attached hydrogen (secondary N) is 1. The Morgan fingerprint density at radius 3 is 2.63 bits per heavy atom. The number of rotatable bonds is 10. The Morgan fingerprint density at radius 1 is 1.14 bits per heavy atom. The Bertz CT molecular complexity index is 1150. The van der Waals surface area contributed by atoms with Gasteiger partial charge in [0.2, 0.25) is 5.91 Å². The van der Waals surface area contributed by atoms with Crippen LogP contribution in [0.2, 0.25) is 0 Å². The third kappa shape index (κ3) is 6.32. The summed E-state index contributed by atoms with van der Waals surface area (Å²) in [6, 6.07) is 22.9. The predicted octanol–water partition coefficient (Wildman–Crippen LogP) is 4.49. The number of benzene rings is 3. The summed E-state index contributed by atoms with van der Waals surface area (Å²) in [6.07, 6.45) is -0.0262. The Labute approximate surface area is 204 Å². The molecular formula is C28H29FN2O4. The molecule has 3 aromatic rings. The summed E-state index contributed by atoms with van der Waals surface area (Å²) in [5.74, 6) is -0.569.